The molecule has 3 nitrogen and oxygen atoms in total. The van der Waals surface area contributed by atoms with E-state index in [4.69, 9.17) is 10.5 Å². The van der Waals surface area contributed by atoms with Gasteiger partial charge in [-0.2, -0.15) is 0 Å². The highest BCUT2D eigenvalue weighted by molar-refractivity contribution is 5.80. The average molecular weight is 274 g/mol. The standard InChI is InChI=1S/C17H26N2O/c1-5-8-9-10-20-17-12-15(18)14(13(4)6-2)11-16(17)19-7-3/h7,11-12,19H,3-6,8-10,18H2,1-2H3. The molecular formula is C17H26N2O. The molecular weight excluding hydrogens is 248 g/mol. The van der Waals surface area contributed by atoms with Crippen molar-refractivity contribution < 1.29 is 4.74 Å². The molecule has 1 aromatic rings. The second kappa shape index (κ2) is 8.31. The van der Waals surface area contributed by atoms with Gasteiger partial charge in [-0.05, 0) is 30.7 Å². The van der Waals surface area contributed by atoms with Crippen molar-refractivity contribution in [3.05, 3.63) is 37.1 Å². The van der Waals surface area contributed by atoms with E-state index in [-0.39, 0.29) is 0 Å². The zero-order valence-electron chi connectivity index (χ0n) is 12.7. The molecule has 3 N–H and O–H groups in total. The number of ether oxygens (including phenoxy) is 1. The number of anilines is 2. The molecule has 0 heterocycles. The van der Waals surface area contributed by atoms with Gasteiger partial charge in [0.1, 0.15) is 5.75 Å². The van der Waals surface area contributed by atoms with Gasteiger partial charge in [0, 0.05) is 17.3 Å². The van der Waals surface area contributed by atoms with E-state index in [2.05, 4.69) is 32.3 Å². The third-order valence-electron chi connectivity index (χ3n) is 3.22. The first kappa shape index (κ1) is 16.2. The minimum absolute atomic E-state index is 0.702. The van der Waals surface area contributed by atoms with E-state index in [1.165, 1.54) is 12.8 Å². The van der Waals surface area contributed by atoms with E-state index >= 15 is 0 Å². The van der Waals surface area contributed by atoms with Crippen LogP contribution in [-0.2, 0) is 0 Å². The normalized spacial score (nSPS) is 10.1. The Hall–Kier alpha value is -1.90. The number of allylic oxidation sites excluding steroid dienone is 1. The minimum Gasteiger partial charge on any atom is -0.491 e. The number of unbranched alkanes of at least 4 members (excludes halogenated alkanes) is 2. The van der Waals surface area contributed by atoms with E-state index in [0.29, 0.717) is 12.3 Å². The van der Waals surface area contributed by atoms with E-state index in [0.717, 1.165) is 35.4 Å². The first-order valence-electron chi connectivity index (χ1n) is 7.25. The smallest absolute Gasteiger partial charge is 0.144 e. The summed E-state index contributed by atoms with van der Waals surface area (Å²) < 4.78 is 5.82. The molecule has 0 saturated carbocycles. The summed E-state index contributed by atoms with van der Waals surface area (Å²) in [6.45, 7) is 12.7. The molecule has 0 saturated heterocycles. The Bertz CT molecular complexity index is 466. The molecule has 0 unspecified atom stereocenters. The highest BCUT2D eigenvalue weighted by Gasteiger charge is 2.10. The molecule has 0 radical (unpaired) electrons. The van der Waals surface area contributed by atoms with Gasteiger partial charge in [-0.15, -0.1) is 0 Å². The lowest BCUT2D eigenvalue weighted by molar-refractivity contribution is 0.308. The van der Waals surface area contributed by atoms with Crippen LogP contribution in [0.4, 0.5) is 11.4 Å². The maximum atomic E-state index is 6.10. The largest absolute Gasteiger partial charge is 0.491 e. The van der Waals surface area contributed by atoms with Crippen LogP contribution in [0.5, 0.6) is 5.75 Å². The SMILES string of the molecule is C=CNc1cc(C(=C)CC)c(N)cc1OCCCCC. The van der Waals surface area contributed by atoms with Crippen molar-refractivity contribution in [3.63, 3.8) is 0 Å². The summed E-state index contributed by atoms with van der Waals surface area (Å²) in [6, 6.07) is 3.85. The fourth-order valence-corrected chi connectivity index (χ4v) is 1.97. The molecule has 0 bridgehead atoms. The van der Waals surface area contributed by atoms with E-state index in [1.807, 2.05) is 12.1 Å². The van der Waals surface area contributed by atoms with Gasteiger partial charge >= 0.3 is 0 Å². The third-order valence-corrected chi connectivity index (χ3v) is 3.22. The molecule has 0 aromatic heterocycles. The molecule has 0 aliphatic rings. The van der Waals surface area contributed by atoms with Crippen LogP contribution in [0.3, 0.4) is 0 Å². The van der Waals surface area contributed by atoms with Crippen LogP contribution in [-0.4, -0.2) is 6.61 Å². The molecule has 0 atom stereocenters. The van der Waals surface area contributed by atoms with Gasteiger partial charge in [0.05, 0.1) is 12.3 Å². The number of hydrogen-bond acceptors (Lipinski definition) is 3. The summed E-state index contributed by atoms with van der Waals surface area (Å²) in [5, 5.41) is 3.11. The Morgan fingerprint density at radius 3 is 2.70 bits per heavy atom. The lowest BCUT2D eigenvalue weighted by Gasteiger charge is -2.16. The van der Waals surface area contributed by atoms with Gasteiger partial charge in [-0.25, -0.2) is 0 Å². The zero-order chi connectivity index (χ0) is 15.0. The van der Waals surface area contributed by atoms with Gasteiger partial charge < -0.3 is 15.8 Å². The molecule has 20 heavy (non-hydrogen) atoms. The number of nitrogen functional groups attached to an aromatic ring is 1. The monoisotopic (exact) mass is 274 g/mol. The molecule has 1 rings (SSSR count). The number of nitrogens with one attached hydrogen (secondary N) is 1. The van der Waals surface area contributed by atoms with Crippen molar-refractivity contribution in [2.45, 2.75) is 39.5 Å². The predicted octanol–water partition coefficient (Wildman–Crippen LogP) is 4.82. The van der Waals surface area contributed by atoms with Crippen LogP contribution in [0.1, 0.15) is 45.1 Å². The van der Waals surface area contributed by atoms with Crippen LogP contribution in [0, 0.1) is 0 Å². The predicted molar refractivity (Wildman–Crippen MR) is 89.0 cm³/mol. The van der Waals surface area contributed by atoms with E-state index in [9.17, 15) is 0 Å². The molecule has 0 amide bonds. The summed E-state index contributed by atoms with van der Waals surface area (Å²) in [6.07, 6.45) is 5.91. The van der Waals surface area contributed by atoms with Crippen molar-refractivity contribution in [3.8, 4) is 5.75 Å². The molecule has 0 spiro atoms. The maximum Gasteiger partial charge on any atom is 0.144 e. The highest BCUT2D eigenvalue weighted by Crippen LogP contribution is 2.34. The molecule has 0 fully saturated rings. The van der Waals surface area contributed by atoms with Gasteiger partial charge in [-0.1, -0.05) is 39.8 Å². The lowest BCUT2D eigenvalue weighted by Crippen LogP contribution is -2.03. The van der Waals surface area contributed by atoms with Crippen molar-refractivity contribution in [1.82, 2.24) is 0 Å². The van der Waals surface area contributed by atoms with E-state index < -0.39 is 0 Å². The fourth-order valence-electron chi connectivity index (χ4n) is 1.97. The van der Waals surface area contributed by atoms with Crippen LogP contribution in [0.2, 0.25) is 0 Å². The Morgan fingerprint density at radius 2 is 2.10 bits per heavy atom. The Balaban J connectivity index is 2.95. The van der Waals surface area contributed by atoms with Gasteiger partial charge in [0.2, 0.25) is 0 Å². The van der Waals surface area contributed by atoms with Crippen molar-refractivity contribution in [2.75, 3.05) is 17.7 Å². The Labute approximate surface area is 122 Å². The van der Waals surface area contributed by atoms with Crippen LogP contribution < -0.4 is 15.8 Å². The Kier molecular flexibility index (Phi) is 6.71. The summed E-state index contributed by atoms with van der Waals surface area (Å²) in [4.78, 5) is 0. The average Bonchev–Trinajstić information content (AvgIpc) is 2.45. The van der Waals surface area contributed by atoms with Gasteiger partial charge in [0.25, 0.3) is 0 Å². The van der Waals surface area contributed by atoms with Crippen LogP contribution >= 0.6 is 0 Å². The van der Waals surface area contributed by atoms with Crippen molar-refractivity contribution >= 4 is 16.9 Å². The maximum absolute atomic E-state index is 6.10. The zero-order valence-corrected chi connectivity index (χ0v) is 12.7. The molecule has 3 heteroatoms. The number of rotatable bonds is 9. The van der Waals surface area contributed by atoms with Crippen LogP contribution in [0.15, 0.2) is 31.5 Å². The lowest BCUT2D eigenvalue weighted by atomic mass is 10.0. The Morgan fingerprint density at radius 1 is 1.35 bits per heavy atom. The molecule has 1 aromatic carbocycles. The number of hydrogen-bond donors (Lipinski definition) is 2. The second-order valence-corrected chi connectivity index (χ2v) is 4.80. The molecule has 0 aliphatic carbocycles. The van der Waals surface area contributed by atoms with Gasteiger partial charge in [-0.3, -0.25) is 0 Å². The molecule has 0 aliphatic heterocycles. The third kappa shape index (κ3) is 4.34. The molecule has 110 valence electrons. The quantitative estimate of drug-likeness (QED) is 0.501. The summed E-state index contributed by atoms with van der Waals surface area (Å²) in [5.41, 5.74) is 9.68. The summed E-state index contributed by atoms with van der Waals surface area (Å²) in [7, 11) is 0. The summed E-state index contributed by atoms with van der Waals surface area (Å²) >= 11 is 0. The number of benzene rings is 1. The number of nitrogens with two attached hydrogens (primary N) is 1. The van der Waals surface area contributed by atoms with Crippen LogP contribution in [0.25, 0.3) is 5.57 Å². The first-order valence-corrected chi connectivity index (χ1v) is 7.25. The summed E-state index contributed by atoms with van der Waals surface area (Å²) in [5.74, 6) is 0.770. The van der Waals surface area contributed by atoms with Gasteiger partial charge in [0.15, 0.2) is 0 Å². The fraction of sp³-hybridized carbons (Fsp3) is 0.412. The first-order chi connectivity index (χ1) is 9.63. The topological polar surface area (TPSA) is 47.3 Å². The van der Waals surface area contributed by atoms with Crippen molar-refractivity contribution in [2.24, 2.45) is 0 Å². The minimum atomic E-state index is 0.702. The highest BCUT2D eigenvalue weighted by atomic mass is 16.5. The second-order valence-electron chi connectivity index (χ2n) is 4.80. The van der Waals surface area contributed by atoms with E-state index in [1.54, 1.807) is 6.20 Å². The van der Waals surface area contributed by atoms with Crippen molar-refractivity contribution in [1.29, 1.82) is 0 Å².